The molecular weight excluding hydrogens is 480 g/mol. The number of rotatable bonds is 8. The van der Waals surface area contributed by atoms with Crippen LogP contribution in [0, 0.1) is 6.92 Å². The third kappa shape index (κ3) is 5.65. The van der Waals surface area contributed by atoms with Crippen molar-refractivity contribution >= 4 is 43.2 Å². The summed E-state index contributed by atoms with van der Waals surface area (Å²) in [5.74, 6) is 0.122. The summed E-state index contributed by atoms with van der Waals surface area (Å²) in [4.78, 5) is 12.8. The number of hydrogen-bond donors (Lipinski definition) is 1. The van der Waals surface area contributed by atoms with E-state index in [-0.39, 0.29) is 11.4 Å². The molecule has 3 aromatic carbocycles. The molecule has 0 unspecified atom stereocenters. The van der Waals surface area contributed by atoms with Gasteiger partial charge < -0.3 is 10.1 Å². The van der Waals surface area contributed by atoms with Crippen LogP contribution in [0.1, 0.15) is 12.5 Å². The molecule has 0 atom stereocenters. The lowest BCUT2D eigenvalue weighted by Crippen LogP contribution is -2.38. The molecule has 3 aromatic rings. The molecule has 0 aromatic heterocycles. The predicted octanol–water partition coefficient (Wildman–Crippen LogP) is 4.99. The van der Waals surface area contributed by atoms with Crippen LogP contribution >= 0.6 is 15.9 Å². The average Bonchev–Trinajstić information content (AvgIpc) is 2.75. The number of anilines is 2. The van der Waals surface area contributed by atoms with E-state index >= 15 is 0 Å². The van der Waals surface area contributed by atoms with Crippen molar-refractivity contribution in [3.8, 4) is 5.75 Å². The van der Waals surface area contributed by atoms with Gasteiger partial charge in [0.25, 0.3) is 10.0 Å². The Bertz CT molecular complexity index is 1150. The van der Waals surface area contributed by atoms with Crippen molar-refractivity contribution in [3.05, 3.63) is 82.8 Å². The molecule has 1 amide bonds. The Morgan fingerprint density at radius 3 is 2.26 bits per heavy atom. The van der Waals surface area contributed by atoms with Crippen molar-refractivity contribution in [2.75, 3.05) is 22.8 Å². The molecule has 162 valence electrons. The second-order valence-electron chi connectivity index (χ2n) is 6.78. The van der Waals surface area contributed by atoms with Gasteiger partial charge in [-0.15, -0.1) is 0 Å². The fourth-order valence-electron chi connectivity index (χ4n) is 2.91. The van der Waals surface area contributed by atoms with Crippen molar-refractivity contribution in [1.29, 1.82) is 0 Å². The quantitative estimate of drug-likeness (QED) is 0.470. The first-order chi connectivity index (χ1) is 14.8. The van der Waals surface area contributed by atoms with Crippen LogP contribution in [0.5, 0.6) is 5.75 Å². The SMILES string of the molecule is CCOc1ccc(S(=O)(=O)N(CC(=O)Nc2ccccc2Br)c2ccc(C)cc2)cc1. The van der Waals surface area contributed by atoms with Crippen LogP contribution in [0.15, 0.2) is 82.2 Å². The Morgan fingerprint density at radius 1 is 1.00 bits per heavy atom. The van der Waals surface area contributed by atoms with Gasteiger partial charge in [-0.1, -0.05) is 29.8 Å². The van der Waals surface area contributed by atoms with Gasteiger partial charge in [0.05, 0.1) is 22.9 Å². The van der Waals surface area contributed by atoms with Crippen molar-refractivity contribution < 1.29 is 17.9 Å². The van der Waals surface area contributed by atoms with Gasteiger partial charge in [-0.05, 0) is 78.3 Å². The number of ether oxygens (including phenoxy) is 1. The van der Waals surface area contributed by atoms with Crippen LogP contribution in [-0.2, 0) is 14.8 Å². The number of nitrogens with zero attached hydrogens (tertiary/aromatic N) is 1. The van der Waals surface area contributed by atoms with Gasteiger partial charge in [0.15, 0.2) is 0 Å². The summed E-state index contributed by atoms with van der Waals surface area (Å²) in [6, 6.07) is 20.3. The normalized spacial score (nSPS) is 11.1. The van der Waals surface area contributed by atoms with Crippen molar-refractivity contribution in [2.45, 2.75) is 18.7 Å². The zero-order valence-corrected chi connectivity index (χ0v) is 19.6. The highest BCUT2D eigenvalue weighted by molar-refractivity contribution is 9.10. The van der Waals surface area contributed by atoms with E-state index in [1.165, 1.54) is 12.1 Å². The number of benzene rings is 3. The Hall–Kier alpha value is -2.84. The van der Waals surface area contributed by atoms with Crippen LogP contribution in [0.3, 0.4) is 0 Å². The molecule has 0 aliphatic carbocycles. The highest BCUT2D eigenvalue weighted by atomic mass is 79.9. The van der Waals surface area contributed by atoms with E-state index in [1.54, 1.807) is 42.5 Å². The predicted molar refractivity (Wildman–Crippen MR) is 126 cm³/mol. The van der Waals surface area contributed by atoms with E-state index in [0.29, 0.717) is 28.2 Å². The summed E-state index contributed by atoms with van der Waals surface area (Å²) < 4.78 is 34.1. The van der Waals surface area contributed by atoms with E-state index in [1.807, 2.05) is 32.0 Å². The Kier molecular flexibility index (Phi) is 7.35. The first-order valence-corrected chi connectivity index (χ1v) is 11.9. The molecule has 8 heteroatoms. The largest absolute Gasteiger partial charge is 0.494 e. The average molecular weight is 503 g/mol. The molecular formula is C23H23BrN2O4S. The van der Waals surface area contributed by atoms with Gasteiger partial charge in [0.1, 0.15) is 12.3 Å². The second kappa shape index (κ2) is 9.98. The van der Waals surface area contributed by atoms with E-state index in [4.69, 9.17) is 4.74 Å². The third-order valence-electron chi connectivity index (χ3n) is 4.48. The fraction of sp³-hybridized carbons (Fsp3) is 0.174. The number of para-hydroxylation sites is 1. The molecule has 0 aliphatic rings. The minimum Gasteiger partial charge on any atom is -0.494 e. The summed E-state index contributed by atoms with van der Waals surface area (Å²) in [6.07, 6.45) is 0. The lowest BCUT2D eigenvalue weighted by Gasteiger charge is -2.24. The number of carbonyl (C=O) groups excluding carboxylic acids is 1. The van der Waals surface area contributed by atoms with Crippen LogP contribution in [0.25, 0.3) is 0 Å². The molecule has 0 heterocycles. The van der Waals surface area contributed by atoms with Crippen molar-refractivity contribution in [3.63, 3.8) is 0 Å². The van der Waals surface area contributed by atoms with Gasteiger partial charge in [-0.3, -0.25) is 9.10 Å². The summed E-state index contributed by atoms with van der Waals surface area (Å²) in [5, 5.41) is 2.76. The highest BCUT2D eigenvalue weighted by Gasteiger charge is 2.27. The molecule has 6 nitrogen and oxygen atoms in total. The maximum atomic E-state index is 13.4. The highest BCUT2D eigenvalue weighted by Crippen LogP contribution is 2.26. The minimum absolute atomic E-state index is 0.0743. The first-order valence-electron chi connectivity index (χ1n) is 9.68. The fourth-order valence-corrected chi connectivity index (χ4v) is 4.72. The zero-order chi connectivity index (χ0) is 22.4. The van der Waals surface area contributed by atoms with Crippen molar-refractivity contribution in [2.24, 2.45) is 0 Å². The molecule has 0 spiro atoms. The second-order valence-corrected chi connectivity index (χ2v) is 9.50. The molecule has 0 bridgehead atoms. The topological polar surface area (TPSA) is 75.7 Å². The summed E-state index contributed by atoms with van der Waals surface area (Å²) >= 11 is 3.38. The van der Waals surface area contributed by atoms with Gasteiger partial charge >= 0.3 is 0 Å². The number of sulfonamides is 1. The van der Waals surface area contributed by atoms with Gasteiger partial charge in [-0.2, -0.15) is 0 Å². The van der Waals surface area contributed by atoms with E-state index in [9.17, 15) is 13.2 Å². The lowest BCUT2D eigenvalue weighted by molar-refractivity contribution is -0.114. The van der Waals surface area contributed by atoms with Gasteiger partial charge in [-0.25, -0.2) is 8.42 Å². The Balaban J connectivity index is 1.93. The molecule has 3 rings (SSSR count). The Morgan fingerprint density at radius 2 is 1.65 bits per heavy atom. The molecule has 0 radical (unpaired) electrons. The summed E-state index contributed by atoms with van der Waals surface area (Å²) in [6.45, 7) is 3.87. The zero-order valence-electron chi connectivity index (χ0n) is 17.2. The van der Waals surface area contributed by atoms with Crippen LogP contribution in [-0.4, -0.2) is 27.5 Å². The van der Waals surface area contributed by atoms with Crippen molar-refractivity contribution in [1.82, 2.24) is 0 Å². The number of amides is 1. The molecule has 0 saturated carbocycles. The maximum Gasteiger partial charge on any atom is 0.264 e. The number of halogens is 1. The number of aryl methyl sites for hydroxylation is 1. The number of carbonyl (C=O) groups is 1. The van der Waals surface area contributed by atoms with Crippen LogP contribution in [0.4, 0.5) is 11.4 Å². The first kappa shape index (κ1) is 22.8. The maximum absolute atomic E-state index is 13.4. The third-order valence-corrected chi connectivity index (χ3v) is 6.96. The summed E-state index contributed by atoms with van der Waals surface area (Å²) in [7, 11) is -3.99. The van der Waals surface area contributed by atoms with E-state index in [2.05, 4.69) is 21.2 Å². The minimum atomic E-state index is -3.99. The molecule has 0 aliphatic heterocycles. The molecule has 1 N–H and O–H groups in total. The van der Waals surface area contributed by atoms with Crippen LogP contribution in [0.2, 0.25) is 0 Å². The number of nitrogens with one attached hydrogen (secondary N) is 1. The van der Waals surface area contributed by atoms with E-state index < -0.39 is 15.9 Å². The van der Waals surface area contributed by atoms with Crippen LogP contribution < -0.4 is 14.4 Å². The molecule has 0 fully saturated rings. The van der Waals surface area contributed by atoms with Gasteiger partial charge in [0, 0.05) is 4.47 Å². The van der Waals surface area contributed by atoms with E-state index in [0.717, 1.165) is 9.87 Å². The molecule has 31 heavy (non-hydrogen) atoms. The summed E-state index contributed by atoms with van der Waals surface area (Å²) in [5.41, 5.74) is 1.96. The standard InChI is InChI=1S/C23H23BrN2O4S/c1-3-30-19-12-14-20(15-13-19)31(28,29)26(18-10-8-17(2)9-11-18)16-23(27)25-22-7-5-4-6-21(22)24/h4-15H,3,16H2,1-2H3,(H,25,27). The lowest BCUT2D eigenvalue weighted by atomic mass is 10.2. The monoisotopic (exact) mass is 502 g/mol. The smallest absolute Gasteiger partial charge is 0.264 e. The number of hydrogen-bond acceptors (Lipinski definition) is 4. The van der Waals surface area contributed by atoms with Gasteiger partial charge in [0.2, 0.25) is 5.91 Å². The Labute approximate surface area is 191 Å². The molecule has 0 saturated heterocycles.